The molecule has 1 unspecified atom stereocenters. The van der Waals surface area contributed by atoms with Crippen LogP contribution >= 0.6 is 24.0 Å². The average Bonchev–Trinajstić information content (AvgIpc) is 2.59. The number of guanidine groups is 1. The van der Waals surface area contributed by atoms with Gasteiger partial charge in [-0.25, -0.2) is 0 Å². The topological polar surface area (TPSA) is 79.5 Å². The van der Waals surface area contributed by atoms with Crippen LogP contribution < -0.4 is 16.4 Å². The van der Waals surface area contributed by atoms with Gasteiger partial charge in [-0.3, -0.25) is 9.79 Å². The number of primary amides is 1. The van der Waals surface area contributed by atoms with Crippen molar-refractivity contribution in [3.63, 3.8) is 0 Å². The lowest BCUT2D eigenvalue weighted by Crippen LogP contribution is -2.38. The van der Waals surface area contributed by atoms with E-state index in [4.69, 9.17) is 5.73 Å². The van der Waals surface area contributed by atoms with Crippen LogP contribution in [0.5, 0.6) is 0 Å². The van der Waals surface area contributed by atoms with Gasteiger partial charge < -0.3 is 16.4 Å². The Balaban J connectivity index is 0.00000288. The molecule has 0 aliphatic carbocycles. The molecule has 0 fully saturated rings. The van der Waals surface area contributed by atoms with Crippen LogP contribution in [0.4, 0.5) is 0 Å². The van der Waals surface area contributed by atoms with Gasteiger partial charge in [-0.2, -0.15) is 0 Å². The third kappa shape index (κ3) is 5.84. The molecule has 0 radical (unpaired) electrons. The molecule has 24 heavy (non-hydrogen) atoms. The fourth-order valence-corrected chi connectivity index (χ4v) is 2.25. The Morgan fingerprint density at radius 1 is 1.17 bits per heavy atom. The second kappa shape index (κ2) is 9.92. The van der Waals surface area contributed by atoms with E-state index in [9.17, 15) is 4.79 Å². The molecule has 0 aliphatic heterocycles. The summed E-state index contributed by atoms with van der Waals surface area (Å²) in [6.45, 7) is 2.64. The molecule has 4 N–H and O–H groups in total. The maximum atomic E-state index is 11.2. The first-order chi connectivity index (χ1) is 11.1. The molecule has 128 valence electrons. The highest BCUT2D eigenvalue weighted by molar-refractivity contribution is 14.0. The first-order valence-corrected chi connectivity index (χ1v) is 7.51. The number of carbonyl (C=O) groups excluding carboxylic acids is 1. The Bertz CT molecular complexity index is 688. The molecule has 2 rings (SSSR count). The average molecular weight is 438 g/mol. The van der Waals surface area contributed by atoms with Gasteiger partial charge in [0.05, 0.1) is 6.04 Å². The van der Waals surface area contributed by atoms with Gasteiger partial charge >= 0.3 is 0 Å². The fraction of sp³-hybridized carbons (Fsp3) is 0.222. The van der Waals surface area contributed by atoms with E-state index in [2.05, 4.69) is 34.7 Å². The number of amides is 1. The van der Waals surface area contributed by atoms with E-state index in [0.29, 0.717) is 18.1 Å². The molecule has 0 saturated heterocycles. The lowest BCUT2D eigenvalue weighted by Gasteiger charge is -2.18. The van der Waals surface area contributed by atoms with Crippen molar-refractivity contribution in [2.24, 2.45) is 10.7 Å². The second-order valence-corrected chi connectivity index (χ2v) is 5.27. The summed E-state index contributed by atoms with van der Waals surface area (Å²) >= 11 is 0. The summed E-state index contributed by atoms with van der Waals surface area (Å²) in [6, 6.07) is 17.5. The number of benzene rings is 2. The smallest absolute Gasteiger partial charge is 0.248 e. The highest BCUT2D eigenvalue weighted by Crippen LogP contribution is 2.11. The SMILES string of the molecule is CN=C(NCc1cccc(C(N)=O)c1)NC(C)c1ccccc1.I. The summed E-state index contributed by atoms with van der Waals surface area (Å²) in [7, 11) is 1.73. The molecule has 0 saturated carbocycles. The summed E-state index contributed by atoms with van der Waals surface area (Å²) < 4.78 is 0. The highest BCUT2D eigenvalue weighted by Gasteiger charge is 2.07. The fourth-order valence-electron chi connectivity index (χ4n) is 2.25. The quantitative estimate of drug-likeness (QED) is 0.382. The predicted molar refractivity (Wildman–Crippen MR) is 109 cm³/mol. The van der Waals surface area contributed by atoms with Crippen molar-refractivity contribution in [1.29, 1.82) is 0 Å². The number of nitrogens with two attached hydrogens (primary N) is 1. The minimum atomic E-state index is -0.424. The Labute approximate surface area is 159 Å². The Morgan fingerprint density at radius 2 is 1.88 bits per heavy atom. The number of nitrogens with zero attached hydrogens (tertiary/aromatic N) is 1. The molecule has 5 nitrogen and oxygen atoms in total. The number of rotatable bonds is 5. The van der Waals surface area contributed by atoms with Crippen molar-refractivity contribution in [2.75, 3.05) is 7.05 Å². The number of halogens is 1. The molecular formula is C18H23IN4O. The molecule has 0 aliphatic rings. The second-order valence-electron chi connectivity index (χ2n) is 5.27. The molecule has 2 aromatic rings. The Kier molecular flexibility index (Phi) is 8.25. The van der Waals surface area contributed by atoms with E-state index in [1.165, 1.54) is 5.56 Å². The maximum absolute atomic E-state index is 11.2. The normalized spacial score (nSPS) is 12.0. The maximum Gasteiger partial charge on any atom is 0.248 e. The van der Waals surface area contributed by atoms with Gasteiger partial charge in [0.15, 0.2) is 5.96 Å². The van der Waals surface area contributed by atoms with Crippen LogP contribution in [0.2, 0.25) is 0 Å². The molecule has 0 heterocycles. The van der Waals surface area contributed by atoms with Gasteiger partial charge in [0.25, 0.3) is 0 Å². The van der Waals surface area contributed by atoms with Crippen LogP contribution in [0.15, 0.2) is 59.6 Å². The molecular weight excluding hydrogens is 415 g/mol. The summed E-state index contributed by atoms with van der Waals surface area (Å²) in [5, 5.41) is 6.58. The zero-order valence-corrected chi connectivity index (χ0v) is 16.2. The number of aliphatic imine (C=N–C) groups is 1. The largest absolute Gasteiger partial charge is 0.366 e. The zero-order chi connectivity index (χ0) is 16.7. The van der Waals surface area contributed by atoms with Crippen molar-refractivity contribution < 1.29 is 4.79 Å². The third-order valence-corrected chi connectivity index (χ3v) is 3.55. The van der Waals surface area contributed by atoms with E-state index >= 15 is 0 Å². The van der Waals surface area contributed by atoms with Gasteiger partial charge in [-0.05, 0) is 30.2 Å². The summed E-state index contributed by atoms with van der Waals surface area (Å²) in [5.74, 6) is 0.276. The molecule has 1 amide bonds. The number of hydrogen-bond donors (Lipinski definition) is 3. The highest BCUT2D eigenvalue weighted by atomic mass is 127. The van der Waals surface area contributed by atoms with E-state index in [-0.39, 0.29) is 30.0 Å². The molecule has 2 aromatic carbocycles. The lowest BCUT2D eigenvalue weighted by atomic mass is 10.1. The van der Waals surface area contributed by atoms with E-state index in [0.717, 1.165) is 5.56 Å². The van der Waals surface area contributed by atoms with Gasteiger partial charge in [0, 0.05) is 19.2 Å². The Morgan fingerprint density at radius 3 is 2.50 bits per heavy atom. The summed E-state index contributed by atoms with van der Waals surface area (Å²) in [5.41, 5.74) is 7.96. The first kappa shape index (κ1) is 20.0. The van der Waals surface area contributed by atoms with Gasteiger partial charge in [-0.1, -0.05) is 42.5 Å². The number of carbonyl (C=O) groups is 1. The van der Waals surface area contributed by atoms with E-state index in [1.54, 1.807) is 19.2 Å². The van der Waals surface area contributed by atoms with Crippen LogP contribution in [0.25, 0.3) is 0 Å². The van der Waals surface area contributed by atoms with Gasteiger partial charge in [0.1, 0.15) is 0 Å². The standard InChI is InChI=1S/C18H22N4O.HI/c1-13(15-8-4-3-5-9-15)22-18(20-2)21-12-14-7-6-10-16(11-14)17(19)23;/h3-11,13H,12H2,1-2H3,(H2,19,23)(H2,20,21,22);1H. The Hall–Kier alpha value is -2.09. The van der Waals surface area contributed by atoms with Crippen LogP contribution in [-0.4, -0.2) is 18.9 Å². The minimum Gasteiger partial charge on any atom is -0.366 e. The van der Waals surface area contributed by atoms with Gasteiger partial charge in [-0.15, -0.1) is 24.0 Å². The number of nitrogens with one attached hydrogen (secondary N) is 2. The zero-order valence-electron chi connectivity index (χ0n) is 13.8. The monoisotopic (exact) mass is 438 g/mol. The molecule has 1 atom stereocenters. The van der Waals surface area contributed by atoms with Gasteiger partial charge in [0.2, 0.25) is 5.91 Å². The van der Waals surface area contributed by atoms with Crippen molar-refractivity contribution in [2.45, 2.75) is 19.5 Å². The van der Waals surface area contributed by atoms with Crippen molar-refractivity contribution in [3.05, 3.63) is 71.3 Å². The van der Waals surface area contributed by atoms with E-state index in [1.807, 2.05) is 30.3 Å². The molecule has 0 bridgehead atoms. The van der Waals surface area contributed by atoms with E-state index < -0.39 is 5.91 Å². The van der Waals surface area contributed by atoms with Crippen LogP contribution in [0.3, 0.4) is 0 Å². The molecule has 6 heteroatoms. The van der Waals surface area contributed by atoms with Crippen LogP contribution in [0.1, 0.15) is 34.5 Å². The predicted octanol–water partition coefficient (Wildman–Crippen LogP) is 2.83. The van der Waals surface area contributed by atoms with Crippen LogP contribution in [0, 0.1) is 0 Å². The number of hydrogen-bond acceptors (Lipinski definition) is 2. The third-order valence-electron chi connectivity index (χ3n) is 3.55. The summed E-state index contributed by atoms with van der Waals surface area (Å²) in [6.07, 6.45) is 0. The molecule has 0 aromatic heterocycles. The first-order valence-electron chi connectivity index (χ1n) is 7.51. The lowest BCUT2D eigenvalue weighted by molar-refractivity contribution is 0.1000. The minimum absolute atomic E-state index is 0. The van der Waals surface area contributed by atoms with Crippen molar-refractivity contribution in [1.82, 2.24) is 10.6 Å². The van der Waals surface area contributed by atoms with Crippen molar-refractivity contribution in [3.8, 4) is 0 Å². The molecule has 0 spiro atoms. The van der Waals surface area contributed by atoms with Crippen molar-refractivity contribution >= 4 is 35.8 Å². The summed E-state index contributed by atoms with van der Waals surface area (Å²) in [4.78, 5) is 15.4. The van der Waals surface area contributed by atoms with Crippen LogP contribution in [-0.2, 0) is 6.54 Å².